The maximum Gasteiger partial charge on any atom is 0.337 e. The molecule has 19 heavy (non-hydrogen) atoms. The van der Waals surface area contributed by atoms with Gasteiger partial charge in [0.05, 0.1) is 23.7 Å². The molecule has 0 bridgehead atoms. The van der Waals surface area contributed by atoms with E-state index in [1.54, 1.807) is 18.4 Å². The maximum atomic E-state index is 11.7. The van der Waals surface area contributed by atoms with Crippen LogP contribution >= 0.6 is 0 Å². The van der Waals surface area contributed by atoms with E-state index in [2.05, 4.69) is 10.3 Å². The molecule has 0 aliphatic heterocycles. The largest absolute Gasteiger partial charge is 0.478 e. The van der Waals surface area contributed by atoms with Crippen molar-refractivity contribution >= 4 is 17.6 Å². The van der Waals surface area contributed by atoms with Gasteiger partial charge in [-0.05, 0) is 18.2 Å². The van der Waals surface area contributed by atoms with Gasteiger partial charge in [0.15, 0.2) is 0 Å². The molecule has 2 heterocycles. The van der Waals surface area contributed by atoms with Gasteiger partial charge in [-0.2, -0.15) is 0 Å². The monoisotopic (exact) mass is 260 g/mol. The summed E-state index contributed by atoms with van der Waals surface area (Å²) in [6.07, 6.45) is 4.92. The van der Waals surface area contributed by atoms with Crippen LogP contribution < -0.4 is 5.32 Å². The summed E-state index contributed by atoms with van der Waals surface area (Å²) < 4.78 is 5.11. The fourth-order valence-electron chi connectivity index (χ4n) is 1.54. The first kappa shape index (κ1) is 12.8. The quantitative estimate of drug-likeness (QED) is 0.857. The van der Waals surface area contributed by atoms with Gasteiger partial charge in [-0.1, -0.05) is 0 Å². The second kappa shape index (κ2) is 5.81. The van der Waals surface area contributed by atoms with Crippen LogP contribution in [0.25, 0.3) is 0 Å². The molecule has 0 saturated carbocycles. The van der Waals surface area contributed by atoms with Crippen molar-refractivity contribution in [2.75, 3.05) is 5.32 Å². The molecule has 6 heteroatoms. The van der Waals surface area contributed by atoms with E-state index in [1.165, 1.54) is 18.5 Å². The van der Waals surface area contributed by atoms with Crippen LogP contribution in [0.4, 0.5) is 5.69 Å². The minimum absolute atomic E-state index is 0.0313. The smallest absolute Gasteiger partial charge is 0.337 e. The topological polar surface area (TPSA) is 92.4 Å². The number of hydrogen-bond donors (Lipinski definition) is 2. The first-order valence-corrected chi connectivity index (χ1v) is 5.66. The third-order valence-corrected chi connectivity index (χ3v) is 2.45. The highest BCUT2D eigenvalue weighted by Crippen LogP contribution is 2.10. The normalized spacial score (nSPS) is 10.1. The number of anilines is 1. The van der Waals surface area contributed by atoms with Crippen molar-refractivity contribution in [3.63, 3.8) is 0 Å². The van der Waals surface area contributed by atoms with Gasteiger partial charge >= 0.3 is 5.97 Å². The summed E-state index contributed by atoms with van der Waals surface area (Å²) >= 11 is 0. The summed E-state index contributed by atoms with van der Waals surface area (Å²) in [6, 6.07) is 4.91. The van der Waals surface area contributed by atoms with Crippen LogP contribution in [0, 0.1) is 0 Å². The molecule has 1 amide bonds. The van der Waals surface area contributed by atoms with E-state index in [-0.39, 0.29) is 17.9 Å². The van der Waals surface area contributed by atoms with E-state index in [0.29, 0.717) is 12.1 Å². The minimum Gasteiger partial charge on any atom is -0.478 e. The van der Waals surface area contributed by atoms with E-state index >= 15 is 0 Å². The first-order valence-electron chi connectivity index (χ1n) is 5.66. The summed E-state index contributed by atoms with van der Waals surface area (Å²) in [4.78, 5) is 26.2. The molecule has 0 aliphatic rings. The summed E-state index contributed by atoms with van der Waals surface area (Å²) in [5.74, 6) is -0.576. The lowest BCUT2D eigenvalue weighted by molar-refractivity contribution is -0.116. The average molecular weight is 260 g/mol. The molecule has 0 aliphatic carbocycles. The van der Waals surface area contributed by atoms with Gasteiger partial charge in [-0.3, -0.25) is 9.78 Å². The number of furan rings is 1. The molecule has 0 fully saturated rings. The molecule has 2 N–H and O–H groups in total. The molecule has 6 nitrogen and oxygen atoms in total. The molecule has 98 valence electrons. The fraction of sp³-hybridized carbons (Fsp3) is 0.154. The van der Waals surface area contributed by atoms with Crippen molar-refractivity contribution < 1.29 is 19.1 Å². The number of aromatic carboxylic acids is 1. The van der Waals surface area contributed by atoms with Crippen molar-refractivity contribution in [1.82, 2.24) is 4.98 Å². The molecular weight excluding hydrogens is 248 g/mol. The Balaban J connectivity index is 1.91. The van der Waals surface area contributed by atoms with E-state index < -0.39 is 5.97 Å². The Hall–Kier alpha value is -2.63. The van der Waals surface area contributed by atoms with Gasteiger partial charge < -0.3 is 14.8 Å². The summed E-state index contributed by atoms with van der Waals surface area (Å²) in [5.41, 5.74) is 0.396. The zero-order valence-electron chi connectivity index (χ0n) is 10.00. The Morgan fingerprint density at radius 1 is 1.37 bits per heavy atom. The SMILES string of the molecule is O=C(CCc1ccco1)Nc1cncc(C(=O)O)c1. The number of rotatable bonds is 5. The number of carboxylic acids is 1. The Bertz CT molecular complexity index is 578. The molecule has 0 radical (unpaired) electrons. The van der Waals surface area contributed by atoms with E-state index in [1.807, 2.05) is 0 Å². The Morgan fingerprint density at radius 3 is 2.89 bits per heavy atom. The van der Waals surface area contributed by atoms with Gasteiger partial charge in [0.2, 0.25) is 5.91 Å². The number of carbonyl (C=O) groups is 2. The lowest BCUT2D eigenvalue weighted by Crippen LogP contribution is -2.13. The number of nitrogens with one attached hydrogen (secondary N) is 1. The van der Waals surface area contributed by atoms with Crippen LogP contribution in [0.3, 0.4) is 0 Å². The Morgan fingerprint density at radius 2 is 2.21 bits per heavy atom. The molecule has 2 aromatic rings. The average Bonchev–Trinajstić information content (AvgIpc) is 2.90. The summed E-state index contributed by atoms with van der Waals surface area (Å²) in [5, 5.41) is 11.4. The molecule has 0 atom stereocenters. The predicted molar refractivity (Wildman–Crippen MR) is 66.9 cm³/mol. The first-order chi connectivity index (χ1) is 9.15. The summed E-state index contributed by atoms with van der Waals surface area (Å²) in [7, 11) is 0. The van der Waals surface area contributed by atoms with Crippen molar-refractivity contribution in [2.24, 2.45) is 0 Å². The molecule has 2 aromatic heterocycles. The van der Waals surface area contributed by atoms with Crippen LogP contribution in [0.5, 0.6) is 0 Å². The van der Waals surface area contributed by atoms with Crippen molar-refractivity contribution in [2.45, 2.75) is 12.8 Å². The van der Waals surface area contributed by atoms with Gasteiger partial charge in [0.1, 0.15) is 5.76 Å². The number of aromatic nitrogens is 1. The van der Waals surface area contributed by atoms with Gasteiger partial charge in [0, 0.05) is 19.0 Å². The van der Waals surface area contributed by atoms with E-state index in [0.717, 1.165) is 5.76 Å². The maximum absolute atomic E-state index is 11.7. The Kier molecular flexibility index (Phi) is 3.92. The lowest BCUT2D eigenvalue weighted by atomic mass is 10.2. The van der Waals surface area contributed by atoms with E-state index in [4.69, 9.17) is 9.52 Å². The molecule has 0 unspecified atom stereocenters. The Labute approximate surface area is 109 Å². The van der Waals surface area contributed by atoms with Gasteiger partial charge in [-0.25, -0.2) is 4.79 Å². The fourth-order valence-corrected chi connectivity index (χ4v) is 1.54. The van der Waals surface area contributed by atoms with Crippen molar-refractivity contribution in [1.29, 1.82) is 0 Å². The van der Waals surface area contributed by atoms with Gasteiger partial charge in [0.25, 0.3) is 0 Å². The number of amides is 1. The number of carbonyl (C=O) groups excluding carboxylic acids is 1. The lowest BCUT2D eigenvalue weighted by Gasteiger charge is -2.04. The van der Waals surface area contributed by atoms with E-state index in [9.17, 15) is 9.59 Å². The van der Waals surface area contributed by atoms with Crippen LogP contribution in [-0.2, 0) is 11.2 Å². The minimum atomic E-state index is -1.08. The molecular formula is C13H12N2O4. The van der Waals surface area contributed by atoms with Crippen molar-refractivity contribution in [3.05, 3.63) is 48.2 Å². The van der Waals surface area contributed by atoms with Crippen LogP contribution in [0.1, 0.15) is 22.5 Å². The predicted octanol–water partition coefficient (Wildman–Crippen LogP) is 1.94. The summed E-state index contributed by atoms with van der Waals surface area (Å²) in [6.45, 7) is 0. The zero-order valence-corrected chi connectivity index (χ0v) is 10.00. The second-order valence-electron chi connectivity index (χ2n) is 3.89. The van der Waals surface area contributed by atoms with Crippen LogP contribution in [-0.4, -0.2) is 22.0 Å². The number of pyridine rings is 1. The second-order valence-corrected chi connectivity index (χ2v) is 3.89. The number of hydrogen-bond acceptors (Lipinski definition) is 4. The van der Waals surface area contributed by atoms with Gasteiger partial charge in [-0.15, -0.1) is 0 Å². The molecule has 2 rings (SSSR count). The highest BCUT2D eigenvalue weighted by atomic mass is 16.4. The van der Waals surface area contributed by atoms with Crippen molar-refractivity contribution in [3.8, 4) is 0 Å². The molecule has 0 saturated heterocycles. The highest BCUT2D eigenvalue weighted by molar-refractivity contribution is 5.93. The zero-order chi connectivity index (χ0) is 13.7. The number of carboxylic acid groups (broad SMARTS) is 1. The third-order valence-electron chi connectivity index (χ3n) is 2.45. The molecule has 0 spiro atoms. The number of nitrogens with zero attached hydrogens (tertiary/aromatic N) is 1. The van der Waals surface area contributed by atoms with Crippen LogP contribution in [0.15, 0.2) is 41.3 Å². The number of aryl methyl sites for hydroxylation is 1. The highest BCUT2D eigenvalue weighted by Gasteiger charge is 2.08. The molecule has 0 aromatic carbocycles. The van der Waals surface area contributed by atoms with Crippen LogP contribution in [0.2, 0.25) is 0 Å². The third kappa shape index (κ3) is 3.67. The standard InChI is InChI=1S/C13H12N2O4/c16-12(4-3-11-2-1-5-19-11)15-10-6-9(13(17)18)7-14-8-10/h1-2,5-8H,3-4H2,(H,15,16)(H,17,18).